The van der Waals surface area contributed by atoms with Gasteiger partial charge in [-0.2, -0.15) is 0 Å². The molecule has 2 saturated heterocycles. The number of hydrogen-bond acceptors (Lipinski definition) is 7. The van der Waals surface area contributed by atoms with Crippen molar-refractivity contribution in [3.8, 4) is 0 Å². The Bertz CT molecular complexity index is 1050. The number of carbonyl (C=O) groups excluding carboxylic acids is 2. The molecule has 9 heteroatoms. The number of nitrogen functional groups attached to an aromatic ring is 1. The van der Waals surface area contributed by atoms with Gasteiger partial charge in [-0.1, -0.05) is 13.0 Å². The molecule has 0 spiro atoms. The van der Waals surface area contributed by atoms with E-state index >= 15 is 0 Å². The average molecular weight is 480 g/mol. The first-order valence-electron chi connectivity index (χ1n) is 12.4. The molecule has 2 amide bonds. The van der Waals surface area contributed by atoms with Gasteiger partial charge in [-0.3, -0.25) is 9.59 Å². The molecule has 0 unspecified atom stereocenters. The number of aromatic nitrogens is 2. The topological polar surface area (TPSA) is 108 Å². The van der Waals surface area contributed by atoms with Crippen LogP contribution in [-0.2, 0) is 9.59 Å². The van der Waals surface area contributed by atoms with Crippen molar-refractivity contribution in [3.05, 3.63) is 41.7 Å². The first-order chi connectivity index (χ1) is 16.7. The molecule has 4 rings (SSSR count). The fourth-order valence-corrected chi connectivity index (χ4v) is 5.06. The molecule has 2 aliphatic rings. The highest BCUT2D eigenvalue weighted by atomic mass is 16.2. The van der Waals surface area contributed by atoms with Crippen molar-refractivity contribution in [3.63, 3.8) is 0 Å². The maximum atomic E-state index is 13.2. The summed E-state index contributed by atoms with van der Waals surface area (Å²) in [6.07, 6.45) is 7.37. The third kappa shape index (κ3) is 5.73. The van der Waals surface area contributed by atoms with Gasteiger partial charge in [0.05, 0.1) is 17.9 Å². The fraction of sp³-hybridized carbons (Fsp3) is 0.538. The summed E-state index contributed by atoms with van der Waals surface area (Å²) in [6, 6.07) is 6.11. The van der Waals surface area contributed by atoms with Crippen LogP contribution < -0.4 is 16.0 Å². The summed E-state index contributed by atoms with van der Waals surface area (Å²) >= 11 is 0. The molecule has 2 fully saturated rings. The van der Waals surface area contributed by atoms with Crippen LogP contribution in [0.15, 0.2) is 30.6 Å². The second-order valence-corrected chi connectivity index (χ2v) is 10.1. The number of rotatable bonds is 4. The standard InChI is InChI=1S/C26H37N7O2/c1-17-5-7-22(19-6-8-23(28-14-19)32(4)21-9-11-31(3)12-10-21)33(16-17)26(35)25(34)30-20-13-18(2)24(27)29-15-20/h6,8,13-15,17,21-22H,5,7,9-12,16H2,1-4H3,(H2,27,29)(H,30,34)/t17-,22+/m0/s1. The molecule has 2 atom stereocenters. The highest BCUT2D eigenvalue weighted by Gasteiger charge is 2.34. The predicted molar refractivity (Wildman–Crippen MR) is 138 cm³/mol. The molecule has 0 bridgehead atoms. The molecule has 4 heterocycles. The van der Waals surface area contributed by atoms with E-state index in [1.165, 1.54) is 6.20 Å². The quantitative estimate of drug-likeness (QED) is 0.649. The maximum absolute atomic E-state index is 13.2. The van der Waals surface area contributed by atoms with Gasteiger partial charge < -0.3 is 25.8 Å². The van der Waals surface area contributed by atoms with E-state index in [1.807, 2.05) is 19.2 Å². The summed E-state index contributed by atoms with van der Waals surface area (Å²) in [6.45, 7) is 6.65. The number of nitrogens with zero attached hydrogens (tertiary/aromatic N) is 5. The third-order valence-electron chi connectivity index (χ3n) is 7.40. The van der Waals surface area contributed by atoms with Crippen LogP contribution >= 0.6 is 0 Å². The molecule has 35 heavy (non-hydrogen) atoms. The lowest BCUT2D eigenvalue weighted by molar-refractivity contribution is -0.146. The predicted octanol–water partition coefficient (Wildman–Crippen LogP) is 2.84. The zero-order valence-electron chi connectivity index (χ0n) is 21.2. The molecule has 0 aliphatic carbocycles. The van der Waals surface area contributed by atoms with Crippen molar-refractivity contribution in [2.45, 2.75) is 51.6 Å². The van der Waals surface area contributed by atoms with Crippen LogP contribution in [0.2, 0.25) is 0 Å². The summed E-state index contributed by atoms with van der Waals surface area (Å²) in [7, 11) is 4.27. The Morgan fingerprint density at radius 1 is 1.11 bits per heavy atom. The molecule has 0 aromatic carbocycles. The van der Waals surface area contributed by atoms with Gasteiger partial charge in [0.15, 0.2) is 0 Å². The monoisotopic (exact) mass is 479 g/mol. The number of aryl methyl sites for hydroxylation is 1. The van der Waals surface area contributed by atoms with Crippen LogP contribution in [0.3, 0.4) is 0 Å². The molecular formula is C26H37N7O2. The van der Waals surface area contributed by atoms with Crippen molar-refractivity contribution in [2.24, 2.45) is 5.92 Å². The first-order valence-corrected chi connectivity index (χ1v) is 12.4. The molecule has 9 nitrogen and oxygen atoms in total. The number of carbonyl (C=O) groups is 2. The van der Waals surface area contributed by atoms with Gasteiger partial charge in [-0.25, -0.2) is 9.97 Å². The summed E-state index contributed by atoms with van der Waals surface area (Å²) in [4.78, 5) is 41.2. The van der Waals surface area contributed by atoms with Gasteiger partial charge in [-0.15, -0.1) is 0 Å². The van der Waals surface area contributed by atoms with E-state index < -0.39 is 11.8 Å². The molecule has 2 aliphatic heterocycles. The van der Waals surface area contributed by atoms with Crippen LogP contribution in [0.5, 0.6) is 0 Å². The van der Waals surface area contributed by atoms with Crippen LogP contribution in [0, 0.1) is 12.8 Å². The zero-order valence-corrected chi connectivity index (χ0v) is 21.2. The Morgan fingerprint density at radius 2 is 1.86 bits per heavy atom. The number of hydrogen-bond donors (Lipinski definition) is 2. The first kappa shape index (κ1) is 24.9. The minimum absolute atomic E-state index is 0.175. The number of pyridine rings is 2. The normalized spacial score (nSPS) is 21.5. The third-order valence-corrected chi connectivity index (χ3v) is 7.40. The highest BCUT2D eigenvalue weighted by molar-refractivity contribution is 6.39. The molecule has 188 valence electrons. The van der Waals surface area contributed by atoms with E-state index in [2.05, 4.69) is 47.2 Å². The highest BCUT2D eigenvalue weighted by Crippen LogP contribution is 2.34. The van der Waals surface area contributed by atoms with Crippen molar-refractivity contribution in [2.75, 3.05) is 49.7 Å². The van der Waals surface area contributed by atoms with Crippen LogP contribution in [0.25, 0.3) is 0 Å². The van der Waals surface area contributed by atoms with E-state index in [1.54, 1.807) is 11.0 Å². The minimum Gasteiger partial charge on any atom is -0.383 e. The van der Waals surface area contributed by atoms with Gasteiger partial charge in [0.2, 0.25) is 0 Å². The van der Waals surface area contributed by atoms with Crippen molar-refractivity contribution < 1.29 is 9.59 Å². The smallest absolute Gasteiger partial charge is 0.313 e. The molecule has 3 N–H and O–H groups in total. The molecular weight excluding hydrogens is 442 g/mol. The van der Waals surface area contributed by atoms with E-state index in [0.717, 1.165) is 55.7 Å². The molecule has 2 aromatic rings. The van der Waals surface area contributed by atoms with Crippen LogP contribution in [0.1, 0.15) is 49.8 Å². The van der Waals surface area contributed by atoms with Crippen molar-refractivity contribution >= 4 is 29.1 Å². The van der Waals surface area contributed by atoms with Crippen molar-refractivity contribution in [1.82, 2.24) is 19.8 Å². The summed E-state index contributed by atoms with van der Waals surface area (Å²) in [5.41, 5.74) is 7.93. The SMILES string of the molecule is Cc1cc(NC(=O)C(=O)N2C[C@@H](C)CC[C@@H]2c2ccc(N(C)C3CCN(C)CC3)nc2)cnc1N. The summed E-state index contributed by atoms with van der Waals surface area (Å²) < 4.78 is 0. The Hall–Kier alpha value is -3.20. The van der Waals surface area contributed by atoms with E-state index in [9.17, 15) is 9.59 Å². The fourth-order valence-electron chi connectivity index (χ4n) is 5.06. The lowest BCUT2D eigenvalue weighted by atomic mass is 9.90. The number of piperidine rings is 2. The number of likely N-dealkylation sites (tertiary alicyclic amines) is 2. The van der Waals surface area contributed by atoms with E-state index in [-0.39, 0.29) is 6.04 Å². The zero-order chi connectivity index (χ0) is 25.1. The summed E-state index contributed by atoms with van der Waals surface area (Å²) in [5, 5.41) is 2.68. The molecule has 2 aromatic heterocycles. The average Bonchev–Trinajstić information content (AvgIpc) is 2.86. The number of anilines is 3. The van der Waals surface area contributed by atoms with Gasteiger partial charge in [0.25, 0.3) is 0 Å². The van der Waals surface area contributed by atoms with Gasteiger partial charge in [0, 0.05) is 25.8 Å². The number of nitrogens with two attached hydrogens (primary N) is 1. The van der Waals surface area contributed by atoms with Crippen molar-refractivity contribution in [1.29, 1.82) is 0 Å². The Morgan fingerprint density at radius 3 is 2.51 bits per heavy atom. The number of nitrogens with one attached hydrogen (secondary N) is 1. The second kappa shape index (κ2) is 10.6. The Labute approximate surface area is 207 Å². The largest absolute Gasteiger partial charge is 0.383 e. The maximum Gasteiger partial charge on any atom is 0.313 e. The van der Waals surface area contributed by atoms with E-state index in [4.69, 9.17) is 10.7 Å². The van der Waals surface area contributed by atoms with Gasteiger partial charge in [0.1, 0.15) is 11.6 Å². The van der Waals surface area contributed by atoms with Crippen LogP contribution in [-0.4, -0.2) is 71.4 Å². The molecule has 0 saturated carbocycles. The van der Waals surface area contributed by atoms with Crippen LogP contribution in [0.4, 0.5) is 17.3 Å². The Kier molecular flexibility index (Phi) is 7.54. The lowest BCUT2D eigenvalue weighted by Gasteiger charge is -2.39. The minimum atomic E-state index is -0.665. The van der Waals surface area contributed by atoms with Gasteiger partial charge >= 0.3 is 11.8 Å². The second-order valence-electron chi connectivity index (χ2n) is 10.1. The number of amides is 2. The van der Waals surface area contributed by atoms with Gasteiger partial charge in [-0.05, 0) is 81.9 Å². The Balaban J connectivity index is 1.47. The van der Waals surface area contributed by atoms with E-state index in [0.29, 0.717) is 30.0 Å². The summed E-state index contributed by atoms with van der Waals surface area (Å²) in [5.74, 6) is 0.461. The molecule has 0 radical (unpaired) electrons. The lowest BCUT2D eigenvalue weighted by Crippen LogP contribution is -2.46.